The van der Waals surface area contributed by atoms with Gasteiger partial charge in [0.25, 0.3) is 5.89 Å². The lowest BCUT2D eigenvalue weighted by Gasteiger charge is -2.08. The van der Waals surface area contributed by atoms with Crippen molar-refractivity contribution in [2.75, 3.05) is 0 Å². The molecular formula is C13H16N2O3. The van der Waals surface area contributed by atoms with Gasteiger partial charge in [0, 0.05) is 12.0 Å². The van der Waals surface area contributed by atoms with Gasteiger partial charge < -0.3 is 14.3 Å². The number of aryl methyl sites for hydroxylation is 2. The summed E-state index contributed by atoms with van der Waals surface area (Å²) in [5, 5.41) is 17.0. The first-order chi connectivity index (χ1) is 8.72. The molecule has 0 atom stereocenters. The van der Waals surface area contributed by atoms with Crippen LogP contribution in [0.2, 0.25) is 0 Å². The molecule has 2 rings (SSSR count). The number of hydrogen-bond donors (Lipinski definition) is 1. The Morgan fingerprint density at radius 3 is 2.72 bits per heavy atom. The molecule has 5 nitrogen and oxygen atoms in total. The number of aromatic nitrogens is 2. The van der Waals surface area contributed by atoms with Crippen LogP contribution in [0.1, 0.15) is 29.8 Å². The van der Waals surface area contributed by atoms with Gasteiger partial charge in [-0.15, -0.1) is 10.2 Å². The lowest BCUT2D eigenvalue weighted by molar-refractivity contribution is 0.239. The zero-order valence-electron chi connectivity index (χ0n) is 10.5. The van der Waals surface area contributed by atoms with Gasteiger partial charge in [0.05, 0.1) is 6.61 Å². The highest BCUT2D eigenvalue weighted by molar-refractivity contribution is 5.36. The fourth-order valence-corrected chi connectivity index (χ4v) is 1.60. The van der Waals surface area contributed by atoms with E-state index >= 15 is 0 Å². The van der Waals surface area contributed by atoms with Crippen LogP contribution in [-0.4, -0.2) is 15.3 Å². The summed E-state index contributed by atoms with van der Waals surface area (Å²) in [6.45, 7) is 4.07. The molecule has 0 bridgehead atoms. The quantitative estimate of drug-likeness (QED) is 0.876. The summed E-state index contributed by atoms with van der Waals surface area (Å²) in [5.41, 5.74) is 1.84. The molecule has 5 heteroatoms. The third kappa shape index (κ3) is 2.87. The van der Waals surface area contributed by atoms with Crippen molar-refractivity contribution in [3.63, 3.8) is 0 Å². The Hall–Kier alpha value is -1.88. The fourth-order valence-electron chi connectivity index (χ4n) is 1.60. The molecule has 1 N–H and O–H groups in total. The van der Waals surface area contributed by atoms with Crippen LogP contribution in [0, 0.1) is 6.92 Å². The Kier molecular flexibility index (Phi) is 3.94. The van der Waals surface area contributed by atoms with Crippen molar-refractivity contribution in [3.05, 3.63) is 41.1 Å². The van der Waals surface area contributed by atoms with Gasteiger partial charge in [-0.25, -0.2) is 0 Å². The van der Waals surface area contributed by atoms with Gasteiger partial charge in [0.1, 0.15) is 5.75 Å². The third-order valence-corrected chi connectivity index (χ3v) is 2.55. The average Bonchev–Trinajstić information content (AvgIpc) is 2.85. The maximum Gasteiger partial charge on any atom is 0.253 e. The summed E-state index contributed by atoms with van der Waals surface area (Å²) in [7, 11) is 0. The van der Waals surface area contributed by atoms with Crippen molar-refractivity contribution < 1.29 is 14.3 Å². The van der Waals surface area contributed by atoms with Gasteiger partial charge >= 0.3 is 0 Å². The molecule has 0 aliphatic heterocycles. The molecular weight excluding hydrogens is 232 g/mol. The Balaban J connectivity index is 2.05. The monoisotopic (exact) mass is 248 g/mol. The van der Waals surface area contributed by atoms with Crippen LogP contribution in [0.15, 0.2) is 22.6 Å². The summed E-state index contributed by atoms with van der Waals surface area (Å²) in [4.78, 5) is 0. The van der Waals surface area contributed by atoms with Crippen LogP contribution in [-0.2, 0) is 19.6 Å². The topological polar surface area (TPSA) is 68.4 Å². The lowest BCUT2D eigenvalue weighted by Crippen LogP contribution is -1.99. The molecule has 1 heterocycles. The number of nitrogens with zero attached hydrogens (tertiary/aromatic N) is 2. The van der Waals surface area contributed by atoms with Gasteiger partial charge in [-0.2, -0.15) is 0 Å². The summed E-state index contributed by atoms with van der Waals surface area (Å²) in [5.74, 6) is 1.68. The second-order valence-electron chi connectivity index (χ2n) is 4.00. The molecule has 0 saturated heterocycles. The minimum atomic E-state index is -0.0545. The summed E-state index contributed by atoms with van der Waals surface area (Å²) >= 11 is 0. The highest BCUT2D eigenvalue weighted by atomic mass is 16.5. The zero-order valence-corrected chi connectivity index (χ0v) is 10.5. The molecule has 0 unspecified atom stereocenters. The molecule has 0 fully saturated rings. The highest BCUT2D eigenvalue weighted by Crippen LogP contribution is 2.21. The van der Waals surface area contributed by atoms with Crippen molar-refractivity contribution in [1.29, 1.82) is 0 Å². The van der Waals surface area contributed by atoms with Crippen molar-refractivity contribution in [2.24, 2.45) is 0 Å². The number of aliphatic hydroxyl groups is 1. The minimum absolute atomic E-state index is 0.0545. The Morgan fingerprint density at radius 2 is 2.06 bits per heavy atom. The molecule has 96 valence electrons. The fraction of sp³-hybridized carbons (Fsp3) is 0.385. The van der Waals surface area contributed by atoms with E-state index in [1.54, 1.807) is 0 Å². The SMILES string of the molecule is CCc1nnc(COc2ccc(C)cc2CO)o1. The maximum atomic E-state index is 9.25. The smallest absolute Gasteiger partial charge is 0.253 e. The van der Waals surface area contributed by atoms with Crippen molar-refractivity contribution in [3.8, 4) is 5.75 Å². The first-order valence-corrected chi connectivity index (χ1v) is 5.87. The van der Waals surface area contributed by atoms with E-state index in [1.807, 2.05) is 32.0 Å². The predicted molar refractivity (Wildman–Crippen MR) is 65.1 cm³/mol. The predicted octanol–water partition coefficient (Wildman–Crippen LogP) is 2.01. The van der Waals surface area contributed by atoms with E-state index < -0.39 is 0 Å². The lowest BCUT2D eigenvalue weighted by atomic mass is 10.1. The first kappa shape index (κ1) is 12.6. The van der Waals surface area contributed by atoms with E-state index in [2.05, 4.69) is 10.2 Å². The molecule has 0 radical (unpaired) electrons. The van der Waals surface area contributed by atoms with Crippen LogP contribution in [0.4, 0.5) is 0 Å². The summed E-state index contributed by atoms with van der Waals surface area (Å²) in [6.07, 6.45) is 0.708. The van der Waals surface area contributed by atoms with Crippen LogP contribution < -0.4 is 4.74 Å². The molecule has 0 spiro atoms. The van der Waals surface area contributed by atoms with Gasteiger partial charge in [-0.05, 0) is 13.0 Å². The molecule has 0 aliphatic carbocycles. The van der Waals surface area contributed by atoms with E-state index in [0.717, 1.165) is 11.1 Å². The first-order valence-electron chi connectivity index (χ1n) is 5.87. The second-order valence-corrected chi connectivity index (χ2v) is 4.00. The van der Waals surface area contributed by atoms with Gasteiger partial charge in [-0.3, -0.25) is 0 Å². The van der Waals surface area contributed by atoms with Crippen LogP contribution in [0.5, 0.6) is 5.75 Å². The van der Waals surface area contributed by atoms with Gasteiger partial charge in [0.2, 0.25) is 5.89 Å². The van der Waals surface area contributed by atoms with Crippen LogP contribution >= 0.6 is 0 Å². The molecule has 1 aromatic heterocycles. The van der Waals surface area contributed by atoms with E-state index in [4.69, 9.17) is 9.15 Å². The Morgan fingerprint density at radius 1 is 1.28 bits per heavy atom. The van der Waals surface area contributed by atoms with E-state index in [9.17, 15) is 5.11 Å². The highest BCUT2D eigenvalue weighted by Gasteiger charge is 2.07. The zero-order chi connectivity index (χ0) is 13.0. The number of benzene rings is 1. The summed E-state index contributed by atoms with van der Waals surface area (Å²) in [6, 6.07) is 5.65. The van der Waals surface area contributed by atoms with Crippen molar-refractivity contribution in [1.82, 2.24) is 10.2 Å². The normalized spacial score (nSPS) is 10.6. The number of rotatable bonds is 5. The van der Waals surface area contributed by atoms with Gasteiger partial charge in [0.15, 0.2) is 6.61 Å². The molecule has 0 saturated carbocycles. The van der Waals surface area contributed by atoms with E-state index in [1.165, 1.54) is 0 Å². The Labute approximate surface area is 105 Å². The standard InChI is InChI=1S/C13H16N2O3/c1-3-12-14-15-13(18-12)8-17-11-5-4-9(2)6-10(11)7-16/h4-6,16H,3,7-8H2,1-2H3. The largest absolute Gasteiger partial charge is 0.483 e. The third-order valence-electron chi connectivity index (χ3n) is 2.55. The van der Waals surface area contributed by atoms with Gasteiger partial charge in [-0.1, -0.05) is 24.6 Å². The molecule has 0 aliphatic rings. The summed E-state index contributed by atoms with van der Waals surface area (Å²) < 4.78 is 10.9. The average molecular weight is 248 g/mol. The molecule has 18 heavy (non-hydrogen) atoms. The molecule has 1 aromatic carbocycles. The maximum absolute atomic E-state index is 9.25. The van der Waals surface area contributed by atoms with E-state index in [0.29, 0.717) is 24.0 Å². The van der Waals surface area contributed by atoms with Crippen molar-refractivity contribution in [2.45, 2.75) is 33.5 Å². The van der Waals surface area contributed by atoms with Crippen molar-refractivity contribution >= 4 is 0 Å². The number of hydrogen-bond acceptors (Lipinski definition) is 5. The molecule has 2 aromatic rings. The number of ether oxygens (including phenoxy) is 1. The second kappa shape index (κ2) is 5.64. The van der Waals surface area contributed by atoms with Crippen LogP contribution in [0.25, 0.3) is 0 Å². The van der Waals surface area contributed by atoms with Crippen LogP contribution in [0.3, 0.4) is 0 Å². The minimum Gasteiger partial charge on any atom is -0.483 e. The molecule has 0 amide bonds. The number of aliphatic hydroxyl groups excluding tert-OH is 1. The van der Waals surface area contributed by atoms with E-state index in [-0.39, 0.29) is 13.2 Å². The Bertz CT molecular complexity index is 523.